The van der Waals surface area contributed by atoms with Gasteiger partial charge in [0.2, 0.25) is 0 Å². The van der Waals surface area contributed by atoms with Gasteiger partial charge in [-0.15, -0.1) is 0 Å². The molecule has 0 aliphatic carbocycles. The van der Waals surface area contributed by atoms with E-state index in [4.69, 9.17) is 16.0 Å². The molecule has 0 fully saturated rings. The van der Waals surface area contributed by atoms with Crippen molar-refractivity contribution >= 4 is 27.6 Å². The highest BCUT2D eigenvalue weighted by Gasteiger charge is 2.07. The minimum atomic E-state index is 0.112. The van der Waals surface area contributed by atoms with Crippen molar-refractivity contribution in [1.82, 2.24) is 10.1 Å². The van der Waals surface area contributed by atoms with Crippen LogP contribution in [0.4, 0.5) is 11.6 Å². The third-order valence-electron chi connectivity index (χ3n) is 1.68. The quantitative estimate of drug-likeness (QED) is 0.756. The predicted molar refractivity (Wildman–Crippen MR) is 56.3 cm³/mol. The van der Waals surface area contributed by atoms with Crippen LogP contribution in [0.5, 0.6) is 0 Å². The van der Waals surface area contributed by atoms with E-state index in [1.54, 1.807) is 6.07 Å². The van der Waals surface area contributed by atoms with Crippen molar-refractivity contribution in [2.24, 2.45) is 0 Å². The summed E-state index contributed by atoms with van der Waals surface area (Å²) in [6.45, 7) is 0. The normalized spacial score (nSPS) is 10.4. The van der Waals surface area contributed by atoms with Gasteiger partial charge >= 0.3 is 0 Å². The standard InChI is InChI=1S/C8H7BrN4O/c9-5-2-1-4(3-6(5)10)7-12-8(11)13-14-7/h1-3H,10H2,(H2,11,13). The van der Waals surface area contributed by atoms with E-state index in [2.05, 4.69) is 26.1 Å². The van der Waals surface area contributed by atoms with Gasteiger partial charge in [-0.25, -0.2) is 0 Å². The number of anilines is 2. The summed E-state index contributed by atoms with van der Waals surface area (Å²) in [4.78, 5) is 3.88. The average molecular weight is 255 g/mol. The molecule has 0 spiro atoms. The maximum absolute atomic E-state index is 5.70. The number of halogens is 1. The number of benzene rings is 1. The van der Waals surface area contributed by atoms with Gasteiger partial charge in [0.05, 0.1) is 0 Å². The lowest BCUT2D eigenvalue weighted by Crippen LogP contribution is -1.88. The molecule has 1 aromatic heterocycles. The van der Waals surface area contributed by atoms with Crippen molar-refractivity contribution < 1.29 is 4.52 Å². The largest absolute Gasteiger partial charge is 0.398 e. The summed E-state index contributed by atoms with van der Waals surface area (Å²) >= 11 is 3.29. The van der Waals surface area contributed by atoms with Crippen LogP contribution in [0.25, 0.3) is 11.5 Å². The van der Waals surface area contributed by atoms with Crippen molar-refractivity contribution in [2.75, 3.05) is 11.5 Å². The molecule has 72 valence electrons. The third kappa shape index (κ3) is 1.56. The van der Waals surface area contributed by atoms with Crippen LogP contribution in [0.3, 0.4) is 0 Å². The summed E-state index contributed by atoms with van der Waals surface area (Å²) in [6.07, 6.45) is 0. The summed E-state index contributed by atoms with van der Waals surface area (Å²) in [6, 6.07) is 5.36. The van der Waals surface area contributed by atoms with Crippen LogP contribution >= 0.6 is 15.9 Å². The number of hydrogen-bond acceptors (Lipinski definition) is 5. The Balaban J connectivity index is 2.47. The average Bonchev–Trinajstić information content (AvgIpc) is 2.57. The lowest BCUT2D eigenvalue weighted by atomic mass is 10.2. The smallest absolute Gasteiger partial charge is 0.261 e. The van der Waals surface area contributed by atoms with Crippen LogP contribution in [0.2, 0.25) is 0 Å². The fourth-order valence-electron chi connectivity index (χ4n) is 1.03. The Morgan fingerprint density at radius 1 is 1.29 bits per heavy atom. The number of nitrogen functional groups attached to an aromatic ring is 2. The molecular weight excluding hydrogens is 248 g/mol. The van der Waals surface area contributed by atoms with Crippen LogP contribution in [0, 0.1) is 0 Å². The molecule has 6 heteroatoms. The molecule has 0 unspecified atom stereocenters. The maximum atomic E-state index is 5.70. The summed E-state index contributed by atoms with van der Waals surface area (Å²) in [5, 5.41) is 3.48. The summed E-state index contributed by atoms with van der Waals surface area (Å²) in [7, 11) is 0. The molecular formula is C8H7BrN4O. The van der Waals surface area contributed by atoms with E-state index in [0.717, 1.165) is 10.0 Å². The van der Waals surface area contributed by atoms with Crippen LogP contribution < -0.4 is 11.5 Å². The Bertz CT molecular complexity index is 468. The molecule has 1 heterocycles. The lowest BCUT2D eigenvalue weighted by Gasteiger charge is -1.98. The first kappa shape index (κ1) is 9.01. The van der Waals surface area contributed by atoms with E-state index in [0.29, 0.717) is 11.6 Å². The topological polar surface area (TPSA) is 91.0 Å². The van der Waals surface area contributed by atoms with E-state index in [-0.39, 0.29) is 5.95 Å². The molecule has 14 heavy (non-hydrogen) atoms. The van der Waals surface area contributed by atoms with Gasteiger partial charge in [-0.1, -0.05) is 0 Å². The molecule has 0 bridgehead atoms. The van der Waals surface area contributed by atoms with Crippen molar-refractivity contribution in [3.05, 3.63) is 22.7 Å². The fourth-order valence-corrected chi connectivity index (χ4v) is 1.28. The summed E-state index contributed by atoms with van der Waals surface area (Å²) < 4.78 is 5.72. The van der Waals surface area contributed by atoms with Gasteiger partial charge in [0.15, 0.2) is 0 Å². The Labute approximate surface area is 88.2 Å². The molecule has 0 aliphatic heterocycles. The van der Waals surface area contributed by atoms with Gasteiger partial charge < -0.3 is 16.0 Å². The second-order valence-electron chi connectivity index (χ2n) is 2.69. The third-order valence-corrected chi connectivity index (χ3v) is 2.41. The molecule has 0 saturated heterocycles. The molecule has 1 aromatic carbocycles. The van der Waals surface area contributed by atoms with Crippen LogP contribution in [0.15, 0.2) is 27.2 Å². The summed E-state index contributed by atoms with van der Waals surface area (Å²) in [5.41, 5.74) is 12.4. The van der Waals surface area contributed by atoms with Gasteiger partial charge in [0.25, 0.3) is 11.8 Å². The number of hydrogen-bond donors (Lipinski definition) is 2. The van der Waals surface area contributed by atoms with Crippen molar-refractivity contribution in [3.63, 3.8) is 0 Å². The van der Waals surface area contributed by atoms with E-state index in [1.807, 2.05) is 12.1 Å². The molecule has 0 saturated carbocycles. The molecule has 0 atom stereocenters. The Kier molecular flexibility index (Phi) is 2.12. The van der Waals surface area contributed by atoms with E-state index < -0.39 is 0 Å². The highest BCUT2D eigenvalue weighted by Crippen LogP contribution is 2.26. The Morgan fingerprint density at radius 2 is 2.07 bits per heavy atom. The minimum Gasteiger partial charge on any atom is -0.398 e. The zero-order chi connectivity index (χ0) is 10.1. The number of rotatable bonds is 1. The van der Waals surface area contributed by atoms with Gasteiger partial charge in [-0.05, 0) is 39.3 Å². The van der Waals surface area contributed by atoms with Crippen molar-refractivity contribution in [2.45, 2.75) is 0 Å². The minimum absolute atomic E-state index is 0.112. The maximum Gasteiger partial charge on any atom is 0.261 e. The second-order valence-corrected chi connectivity index (χ2v) is 3.55. The van der Waals surface area contributed by atoms with Gasteiger partial charge in [-0.2, -0.15) is 4.98 Å². The zero-order valence-electron chi connectivity index (χ0n) is 7.07. The molecule has 0 aliphatic rings. The first-order valence-corrected chi connectivity index (χ1v) is 4.60. The molecule has 0 radical (unpaired) electrons. The highest BCUT2D eigenvalue weighted by atomic mass is 79.9. The van der Waals surface area contributed by atoms with Crippen LogP contribution in [-0.2, 0) is 0 Å². The second kappa shape index (κ2) is 3.30. The van der Waals surface area contributed by atoms with E-state index >= 15 is 0 Å². The van der Waals surface area contributed by atoms with E-state index in [1.165, 1.54) is 0 Å². The molecule has 2 rings (SSSR count). The Morgan fingerprint density at radius 3 is 2.64 bits per heavy atom. The van der Waals surface area contributed by atoms with Crippen LogP contribution in [0.1, 0.15) is 0 Å². The lowest BCUT2D eigenvalue weighted by molar-refractivity contribution is 0.433. The number of nitrogens with two attached hydrogens (primary N) is 2. The number of nitrogens with zero attached hydrogens (tertiary/aromatic N) is 2. The molecule has 4 N–H and O–H groups in total. The zero-order valence-corrected chi connectivity index (χ0v) is 8.65. The first-order chi connectivity index (χ1) is 6.66. The fraction of sp³-hybridized carbons (Fsp3) is 0. The van der Waals surface area contributed by atoms with Gasteiger partial charge in [0.1, 0.15) is 0 Å². The molecule has 2 aromatic rings. The van der Waals surface area contributed by atoms with Gasteiger partial charge in [-0.3, -0.25) is 0 Å². The molecule has 0 amide bonds. The van der Waals surface area contributed by atoms with Gasteiger partial charge in [0, 0.05) is 15.7 Å². The number of aromatic nitrogens is 2. The first-order valence-electron chi connectivity index (χ1n) is 3.81. The monoisotopic (exact) mass is 254 g/mol. The summed E-state index contributed by atoms with van der Waals surface area (Å²) in [5.74, 6) is 0.475. The van der Waals surface area contributed by atoms with E-state index in [9.17, 15) is 0 Å². The van der Waals surface area contributed by atoms with Crippen LogP contribution in [-0.4, -0.2) is 10.1 Å². The highest BCUT2D eigenvalue weighted by molar-refractivity contribution is 9.10. The Hall–Kier alpha value is -1.56. The predicted octanol–water partition coefficient (Wildman–Crippen LogP) is 1.66. The van der Waals surface area contributed by atoms with Crippen molar-refractivity contribution in [3.8, 4) is 11.5 Å². The van der Waals surface area contributed by atoms with Crippen molar-refractivity contribution in [1.29, 1.82) is 0 Å². The molecule has 5 nitrogen and oxygen atoms in total. The SMILES string of the molecule is Nc1noc(-c2ccc(Br)c(N)c2)n1.